The maximum Gasteiger partial charge on any atom is 0.261 e. The van der Waals surface area contributed by atoms with Gasteiger partial charge >= 0.3 is 0 Å². The van der Waals surface area contributed by atoms with Gasteiger partial charge in [-0.2, -0.15) is 21.2 Å². The van der Waals surface area contributed by atoms with Crippen molar-refractivity contribution in [3.63, 3.8) is 0 Å². The summed E-state index contributed by atoms with van der Waals surface area (Å²) in [6.45, 7) is 1.66. The van der Waals surface area contributed by atoms with Crippen molar-refractivity contribution in [3.8, 4) is 0 Å². The minimum Gasteiger partial charge on any atom is -0.266 e. The van der Waals surface area contributed by atoms with Crippen LogP contribution in [0.15, 0.2) is 11.2 Å². The van der Waals surface area contributed by atoms with Crippen LogP contribution < -0.4 is 0 Å². The summed E-state index contributed by atoms with van der Waals surface area (Å²) in [5, 5.41) is 4.94. The van der Waals surface area contributed by atoms with E-state index in [-0.39, 0.29) is 29.0 Å². The molecule has 0 spiro atoms. The number of sulfonamides is 1. The second-order valence-corrected chi connectivity index (χ2v) is 10.1. The second-order valence-electron chi connectivity index (χ2n) is 4.45. The summed E-state index contributed by atoms with van der Waals surface area (Å²) in [5.74, 6) is 0.674. The van der Waals surface area contributed by atoms with Crippen molar-refractivity contribution >= 4 is 43.2 Å². The van der Waals surface area contributed by atoms with Crippen molar-refractivity contribution in [3.05, 3.63) is 11.8 Å². The van der Waals surface area contributed by atoms with E-state index in [1.165, 1.54) is 24.9 Å². The van der Waals surface area contributed by atoms with Gasteiger partial charge in [0.1, 0.15) is 5.37 Å². The number of hydrogen-bond donors (Lipinski definition) is 1. The van der Waals surface area contributed by atoms with Crippen molar-refractivity contribution in [1.29, 1.82) is 0 Å². The van der Waals surface area contributed by atoms with Gasteiger partial charge in [0.2, 0.25) is 0 Å². The van der Waals surface area contributed by atoms with Crippen molar-refractivity contribution in [2.24, 2.45) is 0 Å². The van der Waals surface area contributed by atoms with E-state index in [0.717, 1.165) is 4.31 Å². The average molecular weight is 374 g/mol. The molecular weight excluding hydrogens is 358 g/mol. The lowest BCUT2D eigenvalue weighted by atomic mass is 10.4. The van der Waals surface area contributed by atoms with Crippen LogP contribution in [-0.4, -0.2) is 60.5 Å². The number of thioether (sulfide) groups is 1. The molecule has 1 aromatic rings. The first-order valence-electron chi connectivity index (χ1n) is 6.24. The smallest absolute Gasteiger partial charge is 0.261 e. The summed E-state index contributed by atoms with van der Waals surface area (Å²) in [4.78, 5) is 0. The Hall–Kier alpha value is -0.290. The molecule has 0 aliphatic carbocycles. The number of hydrogen-bond acceptors (Lipinski definition) is 6. The van der Waals surface area contributed by atoms with Crippen LogP contribution in [0.4, 0.5) is 0 Å². The zero-order valence-corrected chi connectivity index (χ0v) is 14.5. The molecule has 1 N–H and O–H groups in total. The average Bonchev–Trinajstić information content (AvgIpc) is 2.96. The van der Waals surface area contributed by atoms with Gasteiger partial charge in [-0.3, -0.25) is 5.10 Å². The van der Waals surface area contributed by atoms with Gasteiger partial charge in [0.15, 0.2) is 14.9 Å². The number of nitrogens with zero attached hydrogens (tertiary/aromatic N) is 2. The van der Waals surface area contributed by atoms with Gasteiger partial charge in [0.05, 0.1) is 12.1 Å². The van der Waals surface area contributed by atoms with E-state index in [1.807, 2.05) is 0 Å². The fourth-order valence-corrected chi connectivity index (χ4v) is 7.69. The fraction of sp³-hybridized carbons (Fsp3) is 0.700. The van der Waals surface area contributed by atoms with Crippen LogP contribution in [0.1, 0.15) is 12.5 Å². The summed E-state index contributed by atoms with van der Waals surface area (Å²) >= 11 is 7.14. The molecule has 1 aromatic heterocycles. The lowest BCUT2D eigenvalue weighted by Gasteiger charge is -2.33. The summed E-state index contributed by atoms with van der Waals surface area (Å²) in [6.07, 6.45) is 1.34. The summed E-state index contributed by atoms with van der Waals surface area (Å²) in [6, 6.07) is 0. The van der Waals surface area contributed by atoms with Crippen LogP contribution in [-0.2, 0) is 25.7 Å². The van der Waals surface area contributed by atoms with Crippen LogP contribution in [0.5, 0.6) is 0 Å². The van der Waals surface area contributed by atoms with Gasteiger partial charge < -0.3 is 0 Å². The number of rotatable bonds is 5. The molecule has 21 heavy (non-hydrogen) atoms. The molecular formula is C10H16ClN3O4S3. The lowest BCUT2D eigenvalue weighted by Crippen LogP contribution is -2.50. The minimum absolute atomic E-state index is 0.0150. The summed E-state index contributed by atoms with van der Waals surface area (Å²) in [5.41, 5.74) is 0.336. The topological polar surface area (TPSA) is 100 Å². The third-order valence-corrected chi connectivity index (χ3v) is 8.88. The number of halogens is 1. The predicted molar refractivity (Wildman–Crippen MR) is 82.6 cm³/mol. The first kappa shape index (κ1) is 17.1. The molecule has 1 aliphatic rings. The lowest BCUT2D eigenvalue weighted by molar-refractivity contribution is 0.401. The number of alkyl halides is 1. The molecule has 0 aromatic carbocycles. The number of H-pyrrole nitrogens is 1. The second kappa shape index (κ2) is 6.45. The molecule has 11 heteroatoms. The number of nitrogens with one attached hydrogen (secondary N) is 1. The summed E-state index contributed by atoms with van der Waals surface area (Å²) in [7, 11) is -7.47. The number of sulfone groups is 1. The van der Waals surface area contributed by atoms with E-state index < -0.39 is 25.2 Å². The SMILES string of the molecule is CCS(=O)(=O)C1CSCCN1S(=O)(=O)c1[nH]ncc1CCl. The quantitative estimate of drug-likeness (QED) is 0.760. The highest BCUT2D eigenvalue weighted by Crippen LogP contribution is 2.28. The standard InChI is InChI=1S/C10H16ClN3O4S3/c1-2-20(15,16)9-7-19-4-3-14(9)21(17,18)10-8(5-11)6-12-13-10/h6,9H,2-5,7H2,1H3,(H,12,13). The third-order valence-electron chi connectivity index (χ3n) is 3.24. The molecule has 1 aliphatic heterocycles. The number of aromatic nitrogens is 2. The van der Waals surface area contributed by atoms with Crippen molar-refractivity contribution < 1.29 is 16.8 Å². The van der Waals surface area contributed by atoms with Crippen molar-refractivity contribution in [2.75, 3.05) is 23.8 Å². The Balaban J connectivity index is 2.46. The van der Waals surface area contributed by atoms with Crippen molar-refractivity contribution in [2.45, 2.75) is 23.2 Å². The van der Waals surface area contributed by atoms with Crippen LogP contribution in [0.3, 0.4) is 0 Å². The van der Waals surface area contributed by atoms with E-state index in [1.54, 1.807) is 0 Å². The van der Waals surface area contributed by atoms with Gasteiger partial charge in [-0.1, -0.05) is 6.92 Å². The predicted octanol–water partition coefficient (Wildman–Crippen LogP) is 0.647. The molecule has 0 bridgehead atoms. The largest absolute Gasteiger partial charge is 0.266 e. The Labute approximate surface area is 133 Å². The summed E-state index contributed by atoms with van der Waals surface area (Å²) < 4.78 is 50.8. The normalized spacial score (nSPS) is 21.5. The Kier molecular flexibility index (Phi) is 5.24. The maximum atomic E-state index is 12.7. The zero-order valence-electron chi connectivity index (χ0n) is 11.3. The van der Waals surface area contributed by atoms with Gasteiger partial charge in [-0.25, -0.2) is 16.8 Å². The monoisotopic (exact) mass is 373 g/mol. The van der Waals surface area contributed by atoms with Crippen LogP contribution >= 0.6 is 23.4 Å². The molecule has 0 radical (unpaired) electrons. The van der Waals surface area contributed by atoms with Crippen LogP contribution in [0.2, 0.25) is 0 Å². The van der Waals surface area contributed by atoms with Gasteiger partial charge in [-0.05, 0) is 0 Å². The van der Waals surface area contributed by atoms with E-state index in [2.05, 4.69) is 10.2 Å². The van der Waals surface area contributed by atoms with Crippen molar-refractivity contribution in [1.82, 2.24) is 14.5 Å². The van der Waals surface area contributed by atoms with Gasteiger partial charge in [0.25, 0.3) is 10.0 Å². The van der Waals surface area contributed by atoms with Gasteiger partial charge in [-0.15, -0.1) is 11.6 Å². The van der Waals surface area contributed by atoms with Crippen LogP contribution in [0.25, 0.3) is 0 Å². The molecule has 2 rings (SSSR count). The van der Waals surface area contributed by atoms with E-state index in [4.69, 9.17) is 11.6 Å². The first-order valence-corrected chi connectivity index (χ1v) is 11.1. The molecule has 120 valence electrons. The Bertz CT molecular complexity index is 701. The Morgan fingerprint density at radius 1 is 1.48 bits per heavy atom. The highest BCUT2D eigenvalue weighted by Gasteiger charge is 2.41. The highest BCUT2D eigenvalue weighted by atomic mass is 35.5. The molecule has 2 heterocycles. The van der Waals surface area contributed by atoms with E-state index in [9.17, 15) is 16.8 Å². The maximum absolute atomic E-state index is 12.7. The molecule has 1 saturated heterocycles. The minimum atomic E-state index is -3.97. The molecule has 0 saturated carbocycles. The first-order chi connectivity index (χ1) is 9.84. The van der Waals surface area contributed by atoms with E-state index >= 15 is 0 Å². The third kappa shape index (κ3) is 3.24. The van der Waals surface area contributed by atoms with E-state index in [0.29, 0.717) is 11.3 Å². The fourth-order valence-electron chi connectivity index (χ4n) is 2.05. The Morgan fingerprint density at radius 2 is 2.19 bits per heavy atom. The molecule has 1 atom stereocenters. The number of aromatic amines is 1. The molecule has 1 unspecified atom stereocenters. The molecule has 0 amide bonds. The molecule has 7 nitrogen and oxygen atoms in total. The molecule has 1 fully saturated rings. The van der Waals surface area contributed by atoms with Crippen LogP contribution in [0, 0.1) is 0 Å². The van der Waals surface area contributed by atoms with Gasteiger partial charge in [0, 0.05) is 29.4 Å². The Morgan fingerprint density at radius 3 is 2.81 bits per heavy atom. The zero-order chi connectivity index (χ0) is 15.7. The highest BCUT2D eigenvalue weighted by molar-refractivity contribution is 8.01.